The van der Waals surface area contributed by atoms with Crippen LogP contribution in [0.15, 0.2) is 41.7 Å². The van der Waals surface area contributed by atoms with E-state index in [2.05, 4.69) is 9.97 Å². The summed E-state index contributed by atoms with van der Waals surface area (Å²) in [4.78, 5) is 7.52. The standard InChI is InChI=1S/C17H11F9N4O2S/c1-2-33(31,32)14-13(28-12-4-3-9(5-30(12)14)16(21,22)23)10-6-29(8-27-10)7-11(18)15(19,20)17(24,25)26/h3-8H,2H2,1H3/b11-7-. The van der Waals surface area contributed by atoms with Gasteiger partial charge in [0.2, 0.25) is 0 Å². The lowest BCUT2D eigenvalue weighted by Gasteiger charge is -2.17. The number of fused-ring (bicyclic) bond motifs is 1. The van der Waals surface area contributed by atoms with Gasteiger partial charge in [0, 0.05) is 18.6 Å². The Morgan fingerprint density at radius 2 is 1.70 bits per heavy atom. The van der Waals surface area contributed by atoms with Gasteiger partial charge in [-0.05, 0) is 12.1 Å². The van der Waals surface area contributed by atoms with E-state index in [1.807, 2.05) is 0 Å². The Balaban J connectivity index is 2.19. The van der Waals surface area contributed by atoms with Crippen LogP contribution in [0.25, 0.3) is 23.2 Å². The van der Waals surface area contributed by atoms with Crippen molar-refractivity contribution in [1.29, 1.82) is 0 Å². The van der Waals surface area contributed by atoms with Gasteiger partial charge < -0.3 is 4.57 Å². The third-order valence-electron chi connectivity index (χ3n) is 4.34. The van der Waals surface area contributed by atoms with Crippen molar-refractivity contribution in [1.82, 2.24) is 18.9 Å². The number of pyridine rings is 1. The van der Waals surface area contributed by atoms with Crippen LogP contribution in [0, 0.1) is 0 Å². The van der Waals surface area contributed by atoms with Gasteiger partial charge in [0.05, 0.1) is 17.6 Å². The number of aromatic nitrogens is 4. The summed E-state index contributed by atoms with van der Waals surface area (Å²) in [6.07, 6.45) is -9.50. The summed E-state index contributed by atoms with van der Waals surface area (Å²) in [5.41, 5.74) is -2.38. The lowest BCUT2D eigenvalue weighted by atomic mass is 10.3. The highest BCUT2D eigenvalue weighted by Gasteiger charge is 2.61. The number of imidazole rings is 2. The highest BCUT2D eigenvalue weighted by atomic mass is 32.2. The molecule has 3 heterocycles. The molecule has 0 spiro atoms. The van der Waals surface area contributed by atoms with E-state index in [1.54, 1.807) is 0 Å². The minimum atomic E-state index is -6.21. The van der Waals surface area contributed by atoms with Crippen LogP contribution >= 0.6 is 0 Å². The summed E-state index contributed by atoms with van der Waals surface area (Å²) >= 11 is 0. The van der Waals surface area contributed by atoms with Crippen molar-refractivity contribution in [3.05, 3.63) is 42.2 Å². The minimum Gasteiger partial charge on any atom is -0.310 e. The first-order chi connectivity index (χ1) is 15.0. The smallest absolute Gasteiger partial charge is 0.310 e. The van der Waals surface area contributed by atoms with Gasteiger partial charge in [-0.2, -0.15) is 35.1 Å². The van der Waals surface area contributed by atoms with Crippen molar-refractivity contribution in [3.63, 3.8) is 0 Å². The number of allylic oxidation sites excluding steroid dienone is 1. The predicted octanol–water partition coefficient (Wildman–Crippen LogP) is 4.98. The Morgan fingerprint density at radius 1 is 1.06 bits per heavy atom. The average molecular weight is 506 g/mol. The largest absolute Gasteiger partial charge is 0.460 e. The third kappa shape index (κ3) is 4.43. The first-order valence-corrected chi connectivity index (χ1v) is 10.3. The number of alkyl halides is 8. The van der Waals surface area contributed by atoms with Crippen molar-refractivity contribution in [3.8, 4) is 11.4 Å². The Bertz CT molecular complexity index is 1330. The molecular weight excluding hydrogens is 495 g/mol. The van der Waals surface area contributed by atoms with E-state index in [1.165, 1.54) is 6.92 Å². The van der Waals surface area contributed by atoms with Crippen LogP contribution in [0.4, 0.5) is 39.5 Å². The molecule has 0 radical (unpaired) electrons. The second kappa shape index (κ2) is 7.78. The zero-order chi connectivity index (χ0) is 25.0. The molecule has 6 nitrogen and oxygen atoms in total. The number of halogens is 9. The van der Waals surface area contributed by atoms with Crippen LogP contribution in [0.2, 0.25) is 0 Å². The molecule has 3 aromatic rings. The highest BCUT2D eigenvalue weighted by molar-refractivity contribution is 7.91. The highest BCUT2D eigenvalue weighted by Crippen LogP contribution is 2.42. The maximum atomic E-state index is 13.5. The summed E-state index contributed by atoms with van der Waals surface area (Å²) in [7, 11) is -4.25. The molecule has 180 valence electrons. The molecule has 0 saturated carbocycles. The summed E-state index contributed by atoms with van der Waals surface area (Å²) in [6.45, 7) is 1.20. The summed E-state index contributed by atoms with van der Waals surface area (Å²) < 4.78 is 142. The van der Waals surface area contributed by atoms with E-state index in [0.29, 0.717) is 33.8 Å². The van der Waals surface area contributed by atoms with Crippen LogP contribution in [0.1, 0.15) is 12.5 Å². The summed E-state index contributed by atoms with van der Waals surface area (Å²) in [5, 5.41) is -0.721. The zero-order valence-corrected chi connectivity index (χ0v) is 16.9. The fraction of sp³-hybridized carbons (Fsp3) is 0.294. The van der Waals surface area contributed by atoms with Crippen LogP contribution in [-0.4, -0.2) is 45.2 Å². The van der Waals surface area contributed by atoms with E-state index in [-0.39, 0.29) is 11.8 Å². The molecule has 0 aliphatic carbocycles. The molecule has 0 atom stereocenters. The monoisotopic (exact) mass is 506 g/mol. The molecule has 0 aromatic carbocycles. The number of rotatable bonds is 5. The van der Waals surface area contributed by atoms with Crippen LogP contribution in [0.5, 0.6) is 0 Å². The molecule has 0 N–H and O–H groups in total. The third-order valence-corrected chi connectivity index (χ3v) is 6.08. The molecule has 0 saturated heterocycles. The van der Waals surface area contributed by atoms with E-state index in [9.17, 15) is 47.9 Å². The van der Waals surface area contributed by atoms with Gasteiger partial charge in [0.25, 0.3) is 0 Å². The van der Waals surface area contributed by atoms with Crippen LogP contribution < -0.4 is 0 Å². The van der Waals surface area contributed by atoms with Gasteiger partial charge in [-0.3, -0.25) is 4.40 Å². The second-order valence-electron chi connectivity index (χ2n) is 6.57. The fourth-order valence-corrected chi connectivity index (χ4v) is 3.83. The first-order valence-electron chi connectivity index (χ1n) is 8.67. The topological polar surface area (TPSA) is 69.3 Å². The Morgan fingerprint density at radius 3 is 2.24 bits per heavy atom. The SMILES string of the molecule is CCS(=O)(=O)c1c(-c2cn(/C=C(\F)C(F)(F)C(F)(F)F)cn2)nc2ccc(C(F)(F)F)cn12. The molecule has 0 aliphatic heterocycles. The van der Waals surface area contributed by atoms with E-state index in [4.69, 9.17) is 0 Å². The Hall–Kier alpha value is -3.04. The number of sulfone groups is 1. The predicted molar refractivity (Wildman–Crippen MR) is 95.5 cm³/mol. The number of hydrogen-bond donors (Lipinski definition) is 0. The summed E-state index contributed by atoms with van der Waals surface area (Å²) in [5.74, 6) is -9.24. The quantitative estimate of drug-likeness (QED) is 0.458. The molecular formula is C17H11F9N4O2S. The molecule has 16 heteroatoms. The molecule has 0 unspecified atom stereocenters. The number of nitrogens with zero attached hydrogens (tertiary/aromatic N) is 4. The van der Waals surface area contributed by atoms with Gasteiger partial charge in [-0.25, -0.2) is 22.8 Å². The zero-order valence-electron chi connectivity index (χ0n) is 16.1. The second-order valence-corrected chi connectivity index (χ2v) is 8.76. The van der Waals surface area contributed by atoms with Crippen LogP contribution in [0.3, 0.4) is 0 Å². The lowest BCUT2D eigenvalue weighted by Crippen LogP contribution is -2.37. The van der Waals surface area contributed by atoms with Gasteiger partial charge >= 0.3 is 18.3 Å². The van der Waals surface area contributed by atoms with Crippen molar-refractivity contribution in [2.45, 2.75) is 30.2 Å². The van der Waals surface area contributed by atoms with Gasteiger partial charge in [-0.1, -0.05) is 6.92 Å². The van der Waals surface area contributed by atoms with E-state index < -0.39 is 61.7 Å². The van der Waals surface area contributed by atoms with E-state index in [0.717, 1.165) is 6.07 Å². The molecule has 0 fully saturated rings. The van der Waals surface area contributed by atoms with Crippen molar-refractivity contribution < 1.29 is 47.9 Å². The first kappa shape index (κ1) is 24.6. The van der Waals surface area contributed by atoms with Crippen LogP contribution in [-0.2, 0) is 16.0 Å². The van der Waals surface area contributed by atoms with Gasteiger partial charge in [0.1, 0.15) is 17.0 Å². The average Bonchev–Trinajstić information content (AvgIpc) is 3.30. The molecule has 0 amide bonds. The molecule has 33 heavy (non-hydrogen) atoms. The molecule has 0 aliphatic rings. The Kier molecular flexibility index (Phi) is 5.80. The molecule has 3 aromatic heterocycles. The summed E-state index contributed by atoms with van der Waals surface area (Å²) in [6, 6.07) is 1.52. The van der Waals surface area contributed by atoms with E-state index >= 15 is 0 Å². The van der Waals surface area contributed by atoms with Gasteiger partial charge in [-0.15, -0.1) is 0 Å². The number of hydrogen-bond acceptors (Lipinski definition) is 4. The van der Waals surface area contributed by atoms with Gasteiger partial charge in [0.15, 0.2) is 20.7 Å². The van der Waals surface area contributed by atoms with Crippen molar-refractivity contribution >= 4 is 21.7 Å². The fourth-order valence-electron chi connectivity index (χ4n) is 2.67. The lowest BCUT2D eigenvalue weighted by molar-refractivity contribution is -0.270. The molecule has 0 bridgehead atoms. The normalized spacial score (nSPS) is 14.3. The van der Waals surface area contributed by atoms with Crippen molar-refractivity contribution in [2.24, 2.45) is 0 Å². The Labute approximate surface area is 178 Å². The maximum absolute atomic E-state index is 13.5. The minimum absolute atomic E-state index is 0.227. The van der Waals surface area contributed by atoms with Crippen molar-refractivity contribution in [2.75, 3.05) is 5.75 Å². The maximum Gasteiger partial charge on any atom is 0.460 e. The molecule has 3 rings (SSSR count).